The highest BCUT2D eigenvalue weighted by atomic mass is 16.6. The average molecular weight is 372 g/mol. The summed E-state index contributed by atoms with van der Waals surface area (Å²) in [6, 6.07) is 0. The highest BCUT2D eigenvalue weighted by Crippen LogP contribution is 2.19. The van der Waals surface area contributed by atoms with Gasteiger partial charge in [0.25, 0.3) is 0 Å². The molecule has 0 aromatic heterocycles. The van der Waals surface area contributed by atoms with Gasteiger partial charge in [-0.1, -0.05) is 76.8 Å². The van der Waals surface area contributed by atoms with Crippen LogP contribution in [0.15, 0.2) is 5.16 Å². The predicted octanol–water partition coefficient (Wildman–Crippen LogP) is 6.08. The number of esters is 1. The third-order valence-corrected chi connectivity index (χ3v) is 4.47. The minimum Gasteiger partial charge on any atom is -0.408 e. The first kappa shape index (κ1) is 24.9. The number of nitrogens with zero attached hydrogens (tertiary/aromatic N) is 1. The summed E-state index contributed by atoms with van der Waals surface area (Å²) in [7, 11) is 0. The number of oxime groups is 1. The third-order valence-electron chi connectivity index (χ3n) is 4.47. The van der Waals surface area contributed by atoms with Crippen molar-refractivity contribution in [3.05, 3.63) is 0 Å². The van der Waals surface area contributed by atoms with Crippen molar-refractivity contribution in [3.63, 3.8) is 0 Å². The molecule has 0 saturated heterocycles. The van der Waals surface area contributed by atoms with Crippen LogP contribution >= 0.6 is 0 Å². The fourth-order valence-corrected chi connectivity index (χ4v) is 2.59. The zero-order valence-electron chi connectivity index (χ0n) is 17.5. The van der Waals surface area contributed by atoms with Crippen LogP contribution in [0.4, 0.5) is 0 Å². The second kappa shape index (κ2) is 16.1. The normalized spacial score (nSPS) is 12.4. The van der Waals surface area contributed by atoms with Crippen LogP contribution in [0.2, 0.25) is 0 Å². The van der Waals surface area contributed by atoms with Crippen molar-refractivity contribution in [2.24, 2.45) is 10.6 Å². The van der Waals surface area contributed by atoms with Gasteiger partial charge in [-0.2, -0.15) is 0 Å². The maximum absolute atomic E-state index is 12.3. The summed E-state index contributed by atoms with van der Waals surface area (Å²) in [4.78, 5) is 12.3. The Labute approximate surface area is 160 Å². The number of carbonyl (C=O) groups excluding carboxylic acids is 1. The molecule has 154 valence electrons. The summed E-state index contributed by atoms with van der Waals surface area (Å²) in [6.07, 6.45) is 13.5. The zero-order valence-corrected chi connectivity index (χ0v) is 17.5. The first-order chi connectivity index (χ1) is 12.5. The van der Waals surface area contributed by atoms with Gasteiger partial charge in [0.05, 0.1) is 12.0 Å². The van der Waals surface area contributed by atoms with E-state index < -0.39 is 11.4 Å². The van der Waals surface area contributed by atoms with E-state index in [4.69, 9.17) is 14.7 Å². The van der Waals surface area contributed by atoms with E-state index in [0.29, 0.717) is 19.6 Å². The van der Waals surface area contributed by atoms with Crippen molar-refractivity contribution in [1.82, 2.24) is 0 Å². The Hall–Kier alpha value is -1.10. The first-order valence-corrected chi connectivity index (χ1v) is 10.5. The molecule has 26 heavy (non-hydrogen) atoms. The van der Waals surface area contributed by atoms with Crippen molar-refractivity contribution in [1.29, 1.82) is 0 Å². The first-order valence-electron chi connectivity index (χ1n) is 10.5. The zero-order chi connectivity index (χ0) is 19.7. The number of hydrogen-bond acceptors (Lipinski definition) is 5. The second-order valence-electron chi connectivity index (χ2n) is 7.75. The Morgan fingerprint density at radius 3 is 1.96 bits per heavy atom. The van der Waals surface area contributed by atoms with E-state index in [9.17, 15) is 4.79 Å². The van der Waals surface area contributed by atoms with Crippen LogP contribution < -0.4 is 0 Å². The quantitative estimate of drug-likeness (QED) is 0.0891. The lowest BCUT2D eigenvalue weighted by Gasteiger charge is -2.22. The number of hydrogen-bond donors (Lipinski definition) is 1. The number of unbranched alkanes of at least 4 members (excludes halogenated alkanes) is 9. The minimum atomic E-state index is -0.748. The summed E-state index contributed by atoms with van der Waals surface area (Å²) < 4.78 is 10.8. The van der Waals surface area contributed by atoms with Crippen molar-refractivity contribution >= 4 is 11.9 Å². The monoisotopic (exact) mass is 371 g/mol. The molecule has 0 fully saturated rings. The molecule has 5 nitrogen and oxygen atoms in total. The maximum Gasteiger partial charge on any atom is 0.320 e. The Morgan fingerprint density at radius 1 is 0.885 bits per heavy atom. The summed E-state index contributed by atoms with van der Waals surface area (Å²) in [5.74, 6) is -0.294. The molecule has 0 aromatic rings. The van der Waals surface area contributed by atoms with Crippen molar-refractivity contribution in [3.8, 4) is 0 Å². The lowest BCUT2D eigenvalue weighted by atomic mass is 9.95. The van der Waals surface area contributed by atoms with Crippen LogP contribution in [-0.4, -0.2) is 30.3 Å². The second-order valence-corrected chi connectivity index (χ2v) is 7.75. The molecule has 0 atom stereocenters. The number of carbonyl (C=O) groups is 1. The van der Waals surface area contributed by atoms with Gasteiger partial charge >= 0.3 is 5.97 Å². The molecule has 0 aromatic carbocycles. The molecule has 0 radical (unpaired) electrons. The van der Waals surface area contributed by atoms with Gasteiger partial charge < -0.3 is 14.7 Å². The van der Waals surface area contributed by atoms with Gasteiger partial charge in [-0.25, -0.2) is 0 Å². The molecule has 0 aliphatic heterocycles. The molecule has 0 aliphatic rings. The maximum atomic E-state index is 12.3. The summed E-state index contributed by atoms with van der Waals surface area (Å²) in [5.41, 5.74) is -0.748. The third kappa shape index (κ3) is 13.2. The lowest BCUT2D eigenvalue weighted by Crippen LogP contribution is -2.33. The van der Waals surface area contributed by atoms with E-state index in [-0.39, 0.29) is 5.90 Å². The Bertz CT molecular complexity index is 380. The van der Waals surface area contributed by atoms with Crippen LogP contribution in [0.25, 0.3) is 0 Å². The van der Waals surface area contributed by atoms with Crippen molar-refractivity contribution in [2.75, 3.05) is 13.2 Å². The van der Waals surface area contributed by atoms with Gasteiger partial charge in [-0.15, -0.1) is 0 Å². The molecule has 1 N–H and O–H groups in total. The molecular weight excluding hydrogens is 330 g/mol. The smallest absolute Gasteiger partial charge is 0.320 e. The highest BCUT2D eigenvalue weighted by molar-refractivity contribution is 5.90. The summed E-state index contributed by atoms with van der Waals surface area (Å²) in [5, 5.41) is 12.2. The van der Waals surface area contributed by atoms with Crippen LogP contribution in [0.1, 0.15) is 105 Å². The molecule has 0 heterocycles. The molecular formula is C21H41NO4. The van der Waals surface area contributed by atoms with E-state index in [1.807, 2.05) is 0 Å². The van der Waals surface area contributed by atoms with Crippen LogP contribution in [0, 0.1) is 5.41 Å². The molecule has 0 aliphatic carbocycles. The van der Waals surface area contributed by atoms with E-state index >= 15 is 0 Å². The number of rotatable bonds is 16. The van der Waals surface area contributed by atoms with E-state index in [2.05, 4.69) is 19.0 Å². The van der Waals surface area contributed by atoms with Crippen LogP contribution in [0.3, 0.4) is 0 Å². The molecule has 0 saturated carbocycles. The van der Waals surface area contributed by atoms with Crippen LogP contribution in [-0.2, 0) is 14.3 Å². The van der Waals surface area contributed by atoms with Crippen LogP contribution in [0.5, 0.6) is 0 Å². The predicted molar refractivity (Wildman–Crippen MR) is 107 cm³/mol. The van der Waals surface area contributed by atoms with Gasteiger partial charge in [0.2, 0.25) is 5.90 Å². The van der Waals surface area contributed by atoms with Gasteiger partial charge in [0.15, 0.2) is 0 Å². The average Bonchev–Trinajstić information content (AvgIpc) is 2.62. The van der Waals surface area contributed by atoms with Gasteiger partial charge in [-0.3, -0.25) is 4.79 Å². The van der Waals surface area contributed by atoms with Crippen molar-refractivity contribution in [2.45, 2.75) is 105 Å². The molecule has 0 bridgehead atoms. The molecule has 0 amide bonds. The van der Waals surface area contributed by atoms with E-state index in [1.54, 1.807) is 13.8 Å². The highest BCUT2D eigenvalue weighted by Gasteiger charge is 2.31. The molecule has 0 rings (SSSR count). The largest absolute Gasteiger partial charge is 0.408 e. The van der Waals surface area contributed by atoms with E-state index in [1.165, 1.54) is 44.9 Å². The minimum absolute atomic E-state index is 0.111. The van der Waals surface area contributed by atoms with Crippen molar-refractivity contribution < 1.29 is 19.5 Å². The number of ether oxygens (including phenoxy) is 2. The molecule has 5 heteroatoms. The van der Waals surface area contributed by atoms with E-state index in [0.717, 1.165) is 25.7 Å². The fraction of sp³-hybridized carbons (Fsp3) is 0.905. The summed E-state index contributed by atoms with van der Waals surface area (Å²) >= 11 is 0. The molecule has 0 unspecified atom stereocenters. The standard InChI is InChI=1S/C21H41NO4/c1-5-7-9-10-11-12-13-14-15-16-19(22-24)26-20(23)21(3,4)18-25-17-8-6-2/h24H,5-18H2,1-4H3. The Kier molecular flexibility index (Phi) is 15.4. The van der Waals surface area contributed by atoms with Gasteiger partial charge in [0, 0.05) is 13.0 Å². The SMILES string of the molecule is CCCCCCCCCCCC(=NO)OC(=O)C(C)(C)COCCCC. The Morgan fingerprint density at radius 2 is 1.42 bits per heavy atom. The van der Waals surface area contributed by atoms with Gasteiger partial charge in [0.1, 0.15) is 0 Å². The Balaban J connectivity index is 3.91. The molecule has 0 spiro atoms. The van der Waals surface area contributed by atoms with Gasteiger partial charge in [-0.05, 0) is 26.7 Å². The fourth-order valence-electron chi connectivity index (χ4n) is 2.59. The lowest BCUT2D eigenvalue weighted by molar-refractivity contribution is -0.149. The summed E-state index contributed by atoms with van der Waals surface area (Å²) in [6.45, 7) is 8.85. The topological polar surface area (TPSA) is 68.1 Å².